The molecule has 2 bridgehead atoms. The van der Waals surface area contributed by atoms with Crippen LogP contribution in [-0.4, -0.2) is 64.3 Å². The first-order valence-electron chi connectivity index (χ1n) is 10.8. The largest absolute Gasteiger partial charge is 0.276 e. The highest BCUT2D eigenvalue weighted by atomic mass is 32.2. The van der Waals surface area contributed by atoms with Gasteiger partial charge in [-0.3, -0.25) is 14.4 Å². The van der Waals surface area contributed by atoms with E-state index in [1.807, 2.05) is 0 Å². The van der Waals surface area contributed by atoms with Crippen molar-refractivity contribution in [1.82, 2.24) is 14.3 Å². The van der Waals surface area contributed by atoms with Gasteiger partial charge in [-0.05, 0) is 49.7 Å². The average Bonchev–Trinajstić information content (AvgIpc) is 2.97. The number of imide groups is 1. The molecule has 6 rings (SSSR count). The summed E-state index contributed by atoms with van der Waals surface area (Å²) in [5.74, 6) is -1.02. The van der Waals surface area contributed by atoms with Gasteiger partial charge >= 0.3 is 0 Å². The minimum absolute atomic E-state index is 0.00796. The Bertz CT molecular complexity index is 1140. The van der Waals surface area contributed by atoms with Gasteiger partial charge in [-0.1, -0.05) is 26.0 Å². The number of sulfonamides is 1. The molecule has 9 heteroatoms. The second-order valence-corrected chi connectivity index (χ2v) is 12.1. The molecule has 0 radical (unpaired) electrons. The molecule has 0 aromatic heterocycles. The molecular formula is C22H25N3O5S. The lowest BCUT2D eigenvalue weighted by molar-refractivity contribution is -0.130. The third-order valence-electron chi connectivity index (χ3n) is 8.95. The summed E-state index contributed by atoms with van der Waals surface area (Å²) in [6.45, 7) is 6.02. The predicted molar refractivity (Wildman–Crippen MR) is 110 cm³/mol. The van der Waals surface area contributed by atoms with Gasteiger partial charge < -0.3 is 0 Å². The lowest BCUT2D eigenvalue weighted by Gasteiger charge is -2.37. The van der Waals surface area contributed by atoms with Crippen LogP contribution in [0.1, 0.15) is 60.7 Å². The number of hydrogen-bond acceptors (Lipinski definition) is 6. The van der Waals surface area contributed by atoms with Gasteiger partial charge in [0.15, 0.2) is 0 Å². The predicted octanol–water partition coefficient (Wildman–Crippen LogP) is 1.64. The smallest absolute Gasteiger partial charge is 0.272 e. The quantitative estimate of drug-likeness (QED) is 0.509. The first kappa shape index (κ1) is 19.4. The minimum atomic E-state index is -3.75. The van der Waals surface area contributed by atoms with E-state index in [4.69, 9.17) is 0 Å². The van der Waals surface area contributed by atoms with Crippen molar-refractivity contribution in [3.8, 4) is 0 Å². The van der Waals surface area contributed by atoms with E-state index in [9.17, 15) is 22.8 Å². The minimum Gasteiger partial charge on any atom is -0.272 e. The van der Waals surface area contributed by atoms with Crippen LogP contribution in [-0.2, 0) is 14.8 Å². The number of carbonyl (C=O) groups is 3. The topological polar surface area (TPSA) is 94.8 Å². The van der Waals surface area contributed by atoms with Crippen LogP contribution >= 0.6 is 0 Å². The van der Waals surface area contributed by atoms with Crippen LogP contribution in [0.4, 0.5) is 0 Å². The van der Waals surface area contributed by atoms with Crippen LogP contribution in [0.5, 0.6) is 0 Å². The molecule has 1 unspecified atom stereocenters. The van der Waals surface area contributed by atoms with E-state index in [2.05, 4.69) is 13.8 Å². The van der Waals surface area contributed by atoms with Gasteiger partial charge in [0.1, 0.15) is 6.04 Å². The molecule has 2 saturated heterocycles. The fraction of sp³-hybridized carbons (Fsp3) is 0.591. The van der Waals surface area contributed by atoms with Crippen molar-refractivity contribution in [3.05, 3.63) is 35.4 Å². The Labute approximate surface area is 181 Å². The van der Waals surface area contributed by atoms with E-state index in [-0.39, 0.29) is 17.2 Å². The second kappa shape index (κ2) is 5.56. The van der Waals surface area contributed by atoms with Gasteiger partial charge in [0.25, 0.3) is 17.7 Å². The van der Waals surface area contributed by atoms with Gasteiger partial charge in [0.2, 0.25) is 10.0 Å². The number of amides is 3. The van der Waals surface area contributed by atoms with Crippen molar-refractivity contribution >= 4 is 27.7 Å². The van der Waals surface area contributed by atoms with Gasteiger partial charge in [0.05, 0.1) is 29.0 Å². The maximum absolute atomic E-state index is 13.6. The normalized spacial score (nSPS) is 40.9. The molecule has 3 heterocycles. The highest BCUT2D eigenvalue weighted by Crippen LogP contribution is 2.70. The molecule has 1 aromatic rings. The van der Waals surface area contributed by atoms with E-state index < -0.39 is 45.2 Å². The lowest BCUT2D eigenvalue weighted by Crippen LogP contribution is -2.47. The molecule has 2 saturated carbocycles. The molecule has 0 N–H and O–H groups in total. The number of hydrogen-bond donors (Lipinski definition) is 0. The van der Waals surface area contributed by atoms with Crippen LogP contribution < -0.4 is 0 Å². The summed E-state index contributed by atoms with van der Waals surface area (Å²) in [4.78, 5) is 39.3. The maximum atomic E-state index is 13.6. The first-order valence-corrected chi connectivity index (χ1v) is 12.5. The number of carbonyl (C=O) groups excluding carboxylic acids is 3. The number of rotatable bonds is 2. The molecule has 4 fully saturated rings. The summed E-state index contributed by atoms with van der Waals surface area (Å²) in [6.07, 6.45) is 2.52. The molecule has 6 atom stereocenters. The third kappa shape index (κ3) is 2.09. The zero-order valence-electron chi connectivity index (χ0n) is 17.7. The van der Waals surface area contributed by atoms with E-state index in [1.165, 1.54) is 5.01 Å². The van der Waals surface area contributed by atoms with Gasteiger partial charge in [0, 0.05) is 5.41 Å². The van der Waals surface area contributed by atoms with E-state index in [1.54, 1.807) is 31.2 Å². The summed E-state index contributed by atoms with van der Waals surface area (Å²) in [5, 5.41) is 2.45. The molecule has 31 heavy (non-hydrogen) atoms. The van der Waals surface area contributed by atoms with Crippen molar-refractivity contribution < 1.29 is 22.8 Å². The van der Waals surface area contributed by atoms with Crippen molar-refractivity contribution in [1.29, 1.82) is 0 Å². The Kier molecular flexibility index (Phi) is 3.48. The van der Waals surface area contributed by atoms with Crippen LogP contribution in [0.25, 0.3) is 0 Å². The van der Waals surface area contributed by atoms with Gasteiger partial charge in [-0.15, -0.1) is 0 Å². The number of hydrazine groups is 1. The summed E-state index contributed by atoms with van der Waals surface area (Å²) in [5.41, 5.74) is 0.0858. The SMILES string of the molecule is C[C@H]1[C@@H](C(=O)N2[C@@H]3C[C@H]4CC[C@]3(CS2(=O)=O)C4(C)C)N1N1C(=O)c2ccccc2C1=O. The third-order valence-corrected chi connectivity index (χ3v) is 10.9. The number of fused-ring (bicyclic) bond motifs is 2. The first-order chi connectivity index (χ1) is 14.5. The highest BCUT2D eigenvalue weighted by molar-refractivity contribution is 7.90. The zero-order valence-corrected chi connectivity index (χ0v) is 18.6. The molecule has 3 aliphatic heterocycles. The Morgan fingerprint density at radius 3 is 2.29 bits per heavy atom. The fourth-order valence-electron chi connectivity index (χ4n) is 7.06. The van der Waals surface area contributed by atoms with Crippen molar-refractivity contribution in [2.24, 2.45) is 16.7 Å². The number of benzene rings is 1. The second-order valence-electron chi connectivity index (χ2n) is 10.3. The monoisotopic (exact) mass is 443 g/mol. The standard InChI is InChI=1S/C22H25N3O5S/c1-12-17(23(12)24-18(26)14-6-4-5-7-15(14)19(24)27)20(28)25-16-10-13-8-9-22(16,21(13,2)3)11-31(25,29)30/h4-7,12-13,16-17H,8-11H2,1-3H3/t12-,13+,16+,17-,22+,23?/m0/s1. The Morgan fingerprint density at radius 2 is 1.71 bits per heavy atom. The highest BCUT2D eigenvalue weighted by Gasteiger charge is 2.74. The van der Waals surface area contributed by atoms with Crippen molar-refractivity contribution in [2.75, 3.05) is 5.75 Å². The summed E-state index contributed by atoms with van der Waals surface area (Å²) in [6, 6.07) is 4.99. The van der Waals surface area contributed by atoms with Crippen molar-refractivity contribution in [2.45, 2.75) is 58.2 Å². The molecule has 5 aliphatic rings. The Morgan fingerprint density at radius 1 is 1.10 bits per heavy atom. The maximum Gasteiger partial charge on any atom is 0.276 e. The summed E-state index contributed by atoms with van der Waals surface area (Å²) >= 11 is 0. The molecular weight excluding hydrogens is 418 g/mol. The molecule has 1 spiro atoms. The van der Waals surface area contributed by atoms with E-state index in [0.717, 1.165) is 22.2 Å². The van der Waals surface area contributed by atoms with Crippen LogP contribution in [0, 0.1) is 16.7 Å². The van der Waals surface area contributed by atoms with Gasteiger partial charge in [-0.2, -0.15) is 5.01 Å². The average molecular weight is 444 g/mol. The zero-order chi connectivity index (χ0) is 22.1. The van der Waals surface area contributed by atoms with Crippen molar-refractivity contribution in [3.63, 3.8) is 0 Å². The van der Waals surface area contributed by atoms with Crippen LogP contribution in [0.3, 0.4) is 0 Å². The molecule has 2 aliphatic carbocycles. The molecule has 3 amide bonds. The van der Waals surface area contributed by atoms with E-state index >= 15 is 0 Å². The summed E-state index contributed by atoms with van der Waals surface area (Å²) in [7, 11) is -3.75. The molecule has 1 aromatic carbocycles. The number of nitrogens with zero attached hydrogens (tertiary/aromatic N) is 3. The fourth-order valence-corrected chi connectivity index (χ4v) is 9.61. The van der Waals surface area contributed by atoms with Gasteiger partial charge in [-0.25, -0.2) is 17.7 Å². The van der Waals surface area contributed by atoms with Crippen LogP contribution in [0.15, 0.2) is 24.3 Å². The Hall–Kier alpha value is -2.26. The summed E-state index contributed by atoms with van der Waals surface area (Å²) < 4.78 is 27.5. The Balaban J connectivity index is 1.32. The van der Waals surface area contributed by atoms with Crippen LogP contribution in [0.2, 0.25) is 0 Å². The van der Waals surface area contributed by atoms with E-state index in [0.29, 0.717) is 23.5 Å². The molecule has 8 nitrogen and oxygen atoms in total. The molecule has 164 valence electrons. The lowest BCUT2D eigenvalue weighted by atomic mass is 9.69.